The lowest BCUT2D eigenvalue weighted by molar-refractivity contribution is -0.138. The summed E-state index contributed by atoms with van der Waals surface area (Å²) in [7, 11) is 0. The molecule has 0 aliphatic heterocycles. The average molecular weight is 411 g/mol. The Hall–Kier alpha value is -3.14. The van der Waals surface area contributed by atoms with Crippen LogP contribution in [0.3, 0.4) is 0 Å². The van der Waals surface area contributed by atoms with Crippen LogP contribution in [0.5, 0.6) is 0 Å². The predicted molar refractivity (Wildman–Crippen MR) is 125 cm³/mol. The van der Waals surface area contributed by atoms with Gasteiger partial charge in [0.25, 0.3) is 0 Å². The summed E-state index contributed by atoms with van der Waals surface area (Å²) in [5, 5.41) is 0. The maximum Gasteiger partial charge on any atom is 0.330 e. The molecule has 0 saturated heterocycles. The molecule has 0 atom stereocenters. The van der Waals surface area contributed by atoms with E-state index < -0.39 is 0 Å². The molecule has 162 valence electrons. The van der Waals surface area contributed by atoms with Crippen molar-refractivity contribution in [1.82, 2.24) is 0 Å². The monoisotopic (exact) mass is 410 g/mol. The van der Waals surface area contributed by atoms with Gasteiger partial charge in [0.2, 0.25) is 0 Å². The van der Waals surface area contributed by atoms with E-state index in [4.69, 9.17) is 9.47 Å². The molecule has 0 aromatic rings. The van der Waals surface area contributed by atoms with Gasteiger partial charge >= 0.3 is 11.9 Å². The molecule has 0 aromatic heterocycles. The average Bonchev–Trinajstić information content (AvgIpc) is 2.65. The molecule has 0 aliphatic rings. The highest BCUT2D eigenvalue weighted by atomic mass is 16.5. The molecule has 4 nitrogen and oxygen atoms in total. The third-order valence-corrected chi connectivity index (χ3v) is 3.53. The van der Waals surface area contributed by atoms with Gasteiger partial charge in [-0.15, -0.1) is 0 Å². The summed E-state index contributed by atoms with van der Waals surface area (Å²) < 4.78 is 9.74. The van der Waals surface area contributed by atoms with Gasteiger partial charge in [0.15, 0.2) is 0 Å². The molecule has 0 unspecified atom stereocenters. The van der Waals surface area contributed by atoms with E-state index in [9.17, 15) is 9.59 Å². The summed E-state index contributed by atoms with van der Waals surface area (Å²) in [6.45, 7) is 12.0. The Bertz CT molecular complexity index is 729. The van der Waals surface area contributed by atoms with Crippen molar-refractivity contribution in [2.45, 2.75) is 41.5 Å². The normalized spacial score (nSPS) is 14.5. The van der Waals surface area contributed by atoms with Crippen LogP contribution in [-0.2, 0) is 19.1 Å². The molecule has 0 heterocycles. The van der Waals surface area contributed by atoms with Crippen molar-refractivity contribution in [1.29, 1.82) is 0 Å². The topological polar surface area (TPSA) is 52.6 Å². The number of carbonyl (C=O) groups is 2. The minimum Gasteiger partial charge on any atom is -0.463 e. The summed E-state index contributed by atoms with van der Waals surface area (Å²) in [4.78, 5) is 22.7. The molecule has 0 spiro atoms. The molecular formula is C26H34O4. The number of hydrogen-bond donors (Lipinski definition) is 0. The van der Waals surface area contributed by atoms with E-state index in [1.807, 2.05) is 88.5 Å². The number of carbonyl (C=O) groups excluding carboxylic acids is 2. The molecule has 0 rings (SSSR count). The smallest absolute Gasteiger partial charge is 0.330 e. The molecule has 0 amide bonds. The van der Waals surface area contributed by atoms with Crippen molar-refractivity contribution in [3.8, 4) is 0 Å². The first-order chi connectivity index (χ1) is 14.3. The number of allylic oxidation sites excluding steroid dienone is 14. The number of ether oxygens (including phenoxy) is 2. The number of hydrogen-bond acceptors (Lipinski definition) is 4. The van der Waals surface area contributed by atoms with Crippen LogP contribution in [0, 0.1) is 0 Å². The van der Waals surface area contributed by atoms with Gasteiger partial charge < -0.3 is 9.47 Å². The summed E-state index contributed by atoms with van der Waals surface area (Å²) in [5.74, 6) is -0.650. The SMILES string of the molecule is CCOC(=O)/C=C(C)/C=C/C=C(C)/C=C/C=C/C(C)=C/C=C/C(C)=C/C(=O)OCC. The highest BCUT2D eigenvalue weighted by molar-refractivity contribution is 5.83. The Morgan fingerprint density at radius 1 is 0.567 bits per heavy atom. The van der Waals surface area contributed by atoms with E-state index in [-0.39, 0.29) is 11.9 Å². The lowest BCUT2D eigenvalue weighted by Crippen LogP contribution is -1.99. The Morgan fingerprint density at radius 2 is 0.900 bits per heavy atom. The lowest BCUT2D eigenvalue weighted by atomic mass is 10.2. The van der Waals surface area contributed by atoms with Gasteiger partial charge in [-0.05, 0) is 52.7 Å². The largest absolute Gasteiger partial charge is 0.463 e. The van der Waals surface area contributed by atoms with Crippen molar-refractivity contribution in [2.75, 3.05) is 13.2 Å². The predicted octanol–water partition coefficient (Wildman–Crippen LogP) is 6.12. The van der Waals surface area contributed by atoms with Gasteiger partial charge in [0.1, 0.15) is 0 Å². The molecule has 0 aliphatic carbocycles. The summed E-state index contributed by atoms with van der Waals surface area (Å²) in [6, 6.07) is 0. The van der Waals surface area contributed by atoms with Crippen molar-refractivity contribution in [3.63, 3.8) is 0 Å². The summed E-state index contributed by atoms with van der Waals surface area (Å²) >= 11 is 0. The molecule has 0 bridgehead atoms. The quantitative estimate of drug-likeness (QED) is 0.234. The summed E-state index contributed by atoms with van der Waals surface area (Å²) in [5.41, 5.74) is 3.84. The summed E-state index contributed by atoms with van der Waals surface area (Å²) in [6.07, 6.45) is 22.3. The van der Waals surface area contributed by atoms with Crippen LogP contribution >= 0.6 is 0 Å². The Balaban J connectivity index is 4.65. The Morgan fingerprint density at radius 3 is 1.23 bits per heavy atom. The minimum absolute atomic E-state index is 0.325. The first-order valence-corrected chi connectivity index (χ1v) is 10.0. The van der Waals surface area contributed by atoms with Crippen LogP contribution in [0.1, 0.15) is 41.5 Å². The maximum atomic E-state index is 11.3. The fourth-order valence-electron chi connectivity index (χ4n) is 2.06. The first kappa shape index (κ1) is 26.9. The van der Waals surface area contributed by atoms with E-state index >= 15 is 0 Å². The highest BCUT2D eigenvalue weighted by Gasteiger charge is 1.95. The fraction of sp³-hybridized carbons (Fsp3) is 0.308. The molecule has 4 heteroatoms. The van der Waals surface area contributed by atoms with Crippen LogP contribution in [0.25, 0.3) is 0 Å². The minimum atomic E-state index is -0.325. The third-order valence-electron chi connectivity index (χ3n) is 3.53. The van der Waals surface area contributed by atoms with Crippen LogP contribution in [0.4, 0.5) is 0 Å². The van der Waals surface area contributed by atoms with Gasteiger partial charge in [-0.2, -0.15) is 0 Å². The van der Waals surface area contributed by atoms with Crippen LogP contribution in [0.15, 0.2) is 95.2 Å². The zero-order valence-corrected chi connectivity index (χ0v) is 19.0. The van der Waals surface area contributed by atoms with Crippen LogP contribution in [0.2, 0.25) is 0 Å². The number of esters is 2. The first-order valence-electron chi connectivity index (χ1n) is 10.0. The van der Waals surface area contributed by atoms with E-state index in [0.717, 1.165) is 22.3 Å². The van der Waals surface area contributed by atoms with Crippen molar-refractivity contribution in [2.24, 2.45) is 0 Å². The maximum absolute atomic E-state index is 11.3. The zero-order chi connectivity index (χ0) is 22.8. The van der Waals surface area contributed by atoms with E-state index in [1.54, 1.807) is 13.8 Å². The van der Waals surface area contributed by atoms with Crippen molar-refractivity contribution < 1.29 is 19.1 Å². The highest BCUT2D eigenvalue weighted by Crippen LogP contribution is 2.03. The molecule has 0 radical (unpaired) electrons. The van der Waals surface area contributed by atoms with Gasteiger partial charge in [0, 0.05) is 12.2 Å². The van der Waals surface area contributed by atoms with Crippen molar-refractivity contribution in [3.05, 3.63) is 95.2 Å². The molecular weight excluding hydrogens is 376 g/mol. The number of rotatable bonds is 11. The van der Waals surface area contributed by atoms with Gasteiger partial charge in [-0.3, -0.25) is 0 Å². The van der Waals surface area contributed by atoms with E-state index in [1.165, 1.54) is 12.2 Å². The molecule has 30 heavy (non-hydrogen) atoms. The van der Waals surface area contributed by atoms with Crippen LogP contribution < -0.4 is 0 Å². The van der Waals surface area contributed by atoms with E-state index in [0.29, 0.717) is 13.2 Å². The molecule has 0 fully saturated rings. The Kier molecular flexibility index (Phi) is 15.0. The fourth-order valence-corrected chi connectivity index (χ4v) is 2.06. The molecule has 0 saturated carbocycles. The Labute approximate surface area is 181 Å². The molecule has 0 N–H and O–H groups in total. The second kappa shape index (κ2) is 16.8. The second-order valence-corrected chi connectivity index (χ2v) is 6.54. The lowest BCUT2D eigenvalue weighted by Gasteiger charge is -1.96. The van der Waals surface area contributed by atoms with E-state index in [2.05, 4.69) is 0 Å². The molecule has 0 aromatic carbocycles. The standard InChI is InChI=1S/C26H34O4/c1-7-29-25(27)19-23(5)17-11-15-21(3)13-9-10-14-22(4)16-12-18-24(6)20-26(28)30-8-2/h9-20H,7-8H2,1-6H3/b13-9+,14-10+,17-11+,18-12+,21-15+,22-16+,23-19+,24-20+. The van der Waals surface area contributed by atoms with Gasteiger partial charge in [-0.1, -0.05) is 71.9 Å². The van der Waals surface area contributed by atoms with Gasteiger partial charge in [-0.25, -0.2) is 9.59 Å². The third kappa shape index (κ3) is 15.9. The van der Waals surface area contributed by atoms with Gasteiger partial charge in [0.05, 0.1) is 13.2 Å². The second-order valence-electron chi connectivity index (χ2n) is 6.54. The zero-order valence-electron chi connectivity index (χ0n) is 19.0. The van der Waals surface area contributed by atoms with Crippen molar-refractivity contribution >= 4 is 11.9 Å². The van der Waals surface area contributed by atoms with Crippen LogP contribution in [-0.4, -0.2) is 25.2 Å².